The van der Waals surface area contributed by atoms with E-state index in [0.29, 0.717) is 0 Å². The molecule has 34 heavy (non-hydrogen) atoms. The Hall–Kier alpha value is -2.43. The van der Waals surface area contributed by atoms with Crippen LogP contribution in [0.5, 0.6) is 0 Å². The van der Waals surface area contributed by atoms with Crippen molar-refractivity contribution in [3.63, 3.8) is 0 Å². The van der Waals surface area contributed by atoms with Gasteiger partial charge in [-0.05, 0) is 56.6 Å². The molecule has 0 amide bonds. The third-order valence-corrected chi connectivity index (χ3v) is 7.53. The first kappa shape index (κ1) is 24.7. The van der Waals surface area contributed by atoms with Crippen LogP contribution in [0.1, 0.15) is 49.9 Å². The van der Waals surface area contributed by atoms with Gasteiger partial charge in [0, 0.05) is 15.3 Å². The van der Waals surface area contributed by atoms with E-state index < -0.39 is 0 Å². The Morgan fingerprint density at radius 3 is 1.32 bits per heavy atom. The molecule has 0 saturated heterocycles. The van der Waals surface area contributed by atoms with Crippen molar-refractivity contribution < 1.29 is 0 Å². The van der Waals surface area contributed by atoms with E-state index in [1.165, 1.54) is 44.5 Å². The van der Waals surface area contributed by atoms with Crippen LogP contribution >= 0.6 is 28.7 Å². The first-order chi connectivity index (χ1) is 16.2. The molecule has 6 rings (SSSR count). The molecule has 0 atom stereocenters. The quantitative estimate of drug-likeness (QED) is 0.174. The fourth-order valence-electron chi connectivity index (χ4n) is 5.35. The number of thiol groups is 1. The molecule has 4 heteroatoms. The van der Waals surface area contributed by atoms with Crippen molar-refractivity contribution in [2.24, 2.45) is 4.30 Å². The van der Waals surface area contributed by atoms with Gasteiger partial charge in [0.25, 0.3) is 0 Å². The topological polar surface area (TPSA) is 12.4 Å². The molecule has 0 bridgehead atoms. The average Bonchev–Trinajstić information content (AvgIpc) is 3.21. The summed E-state index contributed by atoms with van der Waals surface area (Å²) < 4.78 is 3.85. The summed E-state index contributed by atoms with van der Waals surface area (Å²) in [6.07, 6.45) is 0. The van der Waals surface area contributed by atoms with Crippen molar-refractivity contribution in [1.29, 1.82) is 0 Å². The van der Waals surface area contributed by atoms with Gasteiger partial charge in [0.2, 0.25) is 0 Å². The maximum absolute atomic E-state index is 4.34. The molecule has 1 radical (unpaired) electrons. The molecule has 4 aromatic carbocycles. The van der Waals surface area contributed by atoms with Gasteiger partial charge in [0.05, 0.1) is 0 Å². The Morgan fingerprint density at radius 2 is 0.912 bits per heavy atom. The standard InChI is InChI=1S/C15H13Br.C15H14.BHNS/c1-15(2)13-6-4-3-5-11(13)12-8-7-10(16)9-14(12)15;1-15(2)13-9-5-3-7-11(13)12-8-4-6-10-14(12)15;1-2-3/h3-9H,1-2H3;3-10H,1-2H3;3H. The second kappa shape index (κ2) is 9.68. The predicted octanol–water partition coefficient (Wildman–Crippen LogP) is 8.93. The van der Waals surface area contributed by atoms with Crippen LogP contribution in [0.3, 0.4) is 0 Å². The van der Waals surface area contributed by atoms with Crippen LogP contribution in [-0.2, 0) is 10.8 Å². The van der Waals surface area contributed by atoms with Crippen molar-refractivity contribution in [3.8, 4) is 22.3 Å². The Bertz CT molecular complexity index is 1310. The van der Waals surface area contributed by atoms with E-state index >= 15 is 0 Å². The Balaban J connectivity index is 0.000000145. The van der Waals surface area contributed by atoms with E-state index in [1.807, 2.05) is 0 Å². The predicted molar refractivity (Wildman–Crippen MR) is 153 cm³/mol. The van der Waals surface area contributed by atoms with Crippen molar-refractivity contribution in [2.75, 3.05) is 0 Å². The summed E-state index contributed by atoms with van der Waals surface area (Å²) in [5.41, 5.74) is 11.6. The number of halogens is 1. The van der Waals surface area contributed by atoms with E-state index in [1.54, 1.807) is 0 Å². The second-order valence-electron chi connectivity index (χ2n) is 9.69. The van der Waals surface area contributed by atoms with Crippen LogP contribution in [0, 0.1) is 0 Å². The molecule has 4 aromatic rings. The van der Waals surface area contributed by atoms with Gasteiger partial charge < -0.3 is 0 Å². The van der Waals surface area contributed by atoms with Gasteiger partial charge in [0.15, 0.2) is 0 Å². The molecule has 0 spiro atoms. The summed E-state index contributed by atoms with van der Waals surface area (Å²) in [5.74, 6) is 0. The molecular formula is C30H28BBrNS. The van der Waals surface area contributed by atoms with E-state index in [-0.39, 0.29) is 10.8 Å². The van der Waals surface area contributed by atoms with Gasteiger partial charge in [-0.3, -0.25) is 0 Å². The fraction of sp³-hybridized carbons (Fsp3) is 0.200. The summed E-state index contributed by atoms with van der Waals surface area (Å²) in [4.78, 5) is 0. The van der Waals surface area contributed by atoms with Gasteiger partial charge in [0.1, 0.15) is 0 Å². The molecule has 0 aromatic heterocycles. The minimum absolute atomic E-state index is 0.121. The van der Waals surface area contributed by atoms with Crippen molar-refractivity contribution in [2.45, 2.75) is 38.5 Å². The van der Waals surface area contributed by atoms with Crippen LogP contribution in [-0.4, -0.2) is 7.64 Å². The summed E-state index contributed by atoms with van der Waals surface area (Å²) in [7, 11) is 4.34. The molecular weight excluding hydrogens is 497 g/mol. The van der Waals surface area contributed by atoms with Crippen LogP contribution in [0.4, 0.5) is 0 Å². The van der Waals surface area contributed by atoms with E-state index in [4.69, 9.17) is 0 Å². The molecule has 0 aliphatic heterocycles. The summed E-state index contributed by atoms with van der Waals surface area (Å²) in [6.45, 7) is 9.20. The number of benzene rings is 4. The van der Waals surface area contributed by atoms with Gasteiger partial charge in [-0.1, -0.05) is 122 Å². The number of fused-ring (bicyclic) bond motifs is 6. The SMILES string of the molecule is CC1(C)c2ccccc2-c2ccc(Br)cc21.CC1(C)c2ccccc2-c2ccccc21.[B]=NS. The number of nitrogens with zero attached hydrogens (tertiary/aromatic N) is 1. The third kappa shape index (κ3) is 4.23. The summed E-state index contributed by atoms with van der Waals surface area (Å²) in [6, 6.07) is 32.7. The molecule has 0 fully saturated rings. The maximum atomic E-state index is 4.34. The number of rotatable bonds is 0. The summed E-state index contributed by atoms with van der Waals surface area (Å²) in [5, 5.41) is 0. The van der Waals surface area contributed by atoms with E-state index in [9.17, 15) is 0 Å². The van der Waals surface area contributed by atoms with Crippen LogP contribution < -0.4 is 0 Å². The zero-order valence-electron chi connectivity index (χ0n) is 20.0. The van der Waals surface area contributed by atoms with Crippen molar-refractivity contribution in [1.82, 2.24) is 0 Å². The van der Waals surface area contributed by atoms with Gasteiger partial charge >= 0.3 is 24.8 Å². The molecule has 2 aliphatic carbocycles. The van der Waals surface area contributed by atoms with Gasteiger partial charge in [-0.15, -0.1) is 0 Å². The first-order valence-corrected chi connectivity index (χ1v) is 12.6. The summed E-state index contributed by atoms with van der Waals surface area (Å²) >= 11 is 6.75. The van der Waals surface area contributed by atoms with Crippen molar-refractivity contribution in [3.05, 3.63) is 118 Å². The van der Waals surface area contributed by atoms with Gasteiger partial charge in [-0.25, -0.2) is 0 Å². The zero-order valence-corrected chi connectivity index (χ0v) is 22.5. The first-order valence-electron chi connectivity index (χ1n) is 11.4. The monoisotopic (exact) mass is 524 g/mol. The van der Waals surface area contributed by atoms with Crippen LogP contribution in [0.15, 0.2) is 99.8 Å². The zero-order chi connectivity index (χ0) is 24.5. The fourth-order valence-corrected chi connectivity index (χ4v) is 5.71. The van der Waals surface area contributed by atoms with E-state index in [2.05, 4.69) is 159 Å². The Labute approximate surface area is 218 Å². The minimum atomic E-state index is 0.121. The molecule has 2 aliphatic rings. The van der Waals surface area contributed by atoms with Crippen LogP contribution in [0.2, 0.25) is 0 Å². The van der Waals surface area contributed by atoms with Gasteiger partial charge in [-0.2, -0.15) is 0 Å². The Kier molecular flexibility index (Phi) is 7.03. The Morgan fingerprint density at radius 1 is 0.588 bits per heavy atom. The number of hydrogen-bond acceptors (Lipinski definition) is 2. The molecule has 0 saturated carbocycles. The second-order valence-corrected chi connectivity index (χ2v) is 10.8. The number of hydrogen-bond donors (Lipinski definition) is 1. The molecule has 0 unspecified atom stereocenters. The van der Waals surface area contributed by atoms with Crippen molar-refractivity contribution >= 4 is 36.4 Å². The molecule has 0 N–H and O–H groups in total. The molecule has 169 valence electrons. The van der Waals surface area contributed by atoms with E-state index in [0.717, 1.165) is 4.47 Å². The van der Waals surface area contributed by atoms with Crippen LogP contribution in [0.25, 0.3) is 22.3 Å². The third-order valence-electron chi connectivity index (χ3n) is 7.04. The average molecular weight is 525 g/mol. The molecule has 1 nitrogen and oxygen atoms in total. The normalized spacial score (nSPS) is 14.7. The molecule has 0 heterocycles.